The Morgan fingerprint density at radius 1 is 1.44 bits per heavy atom. The lowest BCUT2D eigenvalue weighted by Crippen LogP contribution is -2.37. The molecule has 1 N–H and O–H groups in total. The molecule has 1 spiro atoms. The van der Waals surface area contributed by atoms with Crippen molar-refractivity contribution in [3.8, 4) is 0 Å². The van der Waals surface area contributed by atoms with E-state index in [1.165, 1.54) is 32.4 Å². The molecule has 1 nitrogen and oxygen atoms in total. The molecule has 0 amide bonds. The zero-order valence-electron chi connectivity index (χ0n) is 6.11. The Bertz CT molecular complexity index is 106. The Balaban J connectivity index is 1.95. The van der Waals surface area contributed by atoms with Crippen LogP contribution in [0.1, 0.15) is 26.2 Å². The van der Waals surface area contributed by atoms with Crippen LogP contribution in [-0.4, -0.2) is 13.1 Å². The van der Waals surface area contributed by atoms with Crippen LogP contribution in [0, 0.1) is 11.3 Å². The van der Waals surface area contributed by atoms with Crippen LogP contribution >= 0.6 is 0 Å². The second kappa shape index (κ2) is 1.72. The minimum atomic E-state index is 0.777. The highest BCUT2D eigenvalue weighted by molar-refractivity contribution is 4.97. The summed E-state index contributed by atoms with van der Waals surface area (Å²) >= 11 is 0. The van der Waals surface area contributed by atoms with Crippen molar-refractivity contribution in [2.45, 2.75) is 26.2 Å². The highest BCUT2D eigenvalue weighted by Crippen LogP contribution is 2.49. The normalized spacial score (nSPS) is 49.7. The average molecular weight is 125 g/mol. The summed E-state index contributed by atoms with van der Waals surface area (Å²) in [5.74, 6) is 1.02. The van der Waals surface area contributed by atoms with Gasteiger partial charge in [-0.25, -0.2) is 0 Å². The van der Waals surface area contributed by atoms with E-state index in [-0.39, 0.29) is 0 Å². The third-order valence-electron chi connectivity index (χ3n) is 2.90. The monoisotopic (exact) mass is 125 g/mol. The minimum Gasteiger partial charge on any atom is -0.316 e. The van der Waals surface area contributed by atoms with Crippen molar-refractivity contribution in [3.63, 3.8) is 0 Å². The van der Waals surface area contributed by atoms with E-state index in [1.54, 1.807) is 0 Å². The zero-order valence-corrected chi connectivity index (χ0v) is 6.11. The first-order valence-corrected chi connectivity index (χ1v) is 4.02. The van der Waals surface area contributed by atoms with Gasteiger partial charge < -0.3 is 5.32 Å². The summed E-state index contributed by atoms with van der Waals surface area (Å²) in [7, 11) is 0. The molecule has 0 bridgehead atoms. The third kappa shape index (κ3) is 0.787. The topological polar surface area (TPSA) is 12.0 Å². The molecule has 2 fully saturated rings. The fourth-order valence-electron chi connectivity index (χ4n) is 2.56. The Morgan fingerprint density at radius 3 is 2.67 bits per heavy atom. The van der Waals surface area contributed by atoms with Crippen LogP contribution < -0.4 is 5.32 Å². The molecule has 1 heterocycles. The summed E-state index contributed by atoms with van der Waals surface area (Å²) in [5, 5.41) is 3.44. The van der Waals surface area contributed by atoms with Gasteiger partial charge in [-0.2, -0.15) is 0 Å². The summed E-state index contributed by atoms with van der Waals surface area (Å²) in [6.07, 6.45) is 4.41. The van der Waals surface area contributed by atoms with Gasteiger partial charge in [0.1, 0.15) is 0 Å². The van der Waals surface area contributed by atoms with E-state index in [0.717, 1.165) is 11.3 Å². The van der Waals surface area contributed by atoms with Crippen LogP contribution in [0.3, 0.4) is 0 Å². The first-order valence-electron chi connectivity index (χ1n) is 4.02. The molecule has 0 unspecified atom stereocenters. The number of nitrogens with one attached hydrogen (secondary N) is 1. The quantitative estimate of drug-likeness (QED) is 0.516. The van der Waals surface area contributed by atoms with E-state index in [4.69, 9.17) is 0 Å². The van der Waals surface area contributed by atoms with Crippen LogP contribution in [-0.2, 0) is 0 Å². The van der Waals surface area contributed by atoms with Crippen LogP contribution in [0.15, 0.2) is 0 Å². The molecule has 1 aliphatic carbocycles. The van der Waals surface area contributed by atoms with Gasteiger partial charge in [-0.3, -0.25) is 0 Å². The smallest absolute Gasteiger partial charge is 0.000849 e. The van der Waals surface area contributed by atoms with Gasteiger partial charge in [0.05, 0.1) is 0 Å². The molecule has 52 valence electrons. The van der Waals surface area contributed by atoms with Gasteiger partial charge in [0.2, 0.25) is 0 Å². The van der Waals surface area contributed by atoms with Crippen molar-refractivity contribution in [2.24, 2.45) is 11.3 Å². The Hall–Kier alpha value is -0.0400. The maximum Gasteiger partial charge on any atom is 0.000849 e. The Labute approximate surface area is 56.8 Å². The van der Waals surface area contributed by atoms with Gasteiger partial charge in [-0.05, 0) is 37.1 Å². The first-order chi connectivity index (χ1) is 4.31. The van der Waals surface area contributed by atoms with Crippen LogP contribution in [0.5, 0.6) is 0 Å². The standard InChI is InChI=1S/C8H15N/c1-7-4-8(5-7)2-3-9-6-8/h7,9H,2-6H2,1H3/t7-,8+. The van der Waals surface area contributed by atoms with Gasteiger partial charge in [0, 0.05) is 6.54 Å². The molecule has 1 saturated carbocycles. The van der Waals surface area contributed by atoms with Crippen LogP contribution in [0.2, 0.25) is 0 Å². The Kier molecular flexibility index (Phi) is 1.10. The molecule has 0 aromatic heterocycles. The van der Waals surface area contributed by atoms with E-state index in [9.17, 15) is 0 Å². The van der Waals surface area contributed by atoms with Crippen molar-refractivity contribution in [2.75, 3.05) is 13.1 Å². The molecule has 1 aliphatic heterocycles. The van der Waals surface area contributed by atoms with Crippen molar-refractivity contribution in [3.05, 3.63) is 0 Å². The molecule has 0 radical (unpaired) electrons. The SMILES string of the molecule is C[C@H]1C[C@]2(CCNC2)C1. The maximum atomic E-state index is 3.44. The summed E-state index contributed by atoms with van der Waals surface area (Å²) in [5.41, 5.74) is 0.777. The fraction of sp³-hybridized carbons (Fsp3) is 1.00. The molecule has 0 atom stereocenters. The van der Waals surface area contributed by atoms with Gasteiger partial charge in [-0.1, -0.05) is 6.92 Å². The Morgan fingerprint density at radius 2 is 2.22 bits per heavy atom. The second-order valence-electron chi connectivity index (χ2n) is 3.94. The van der Waals surface area contributed by atoms with Crippen molar-refractivity contribution in [1.29, 1.82) is 0 Å². The largest absolute Gasteiger partial charge is 0.316 e. The molecular weight excluding hydrogens is 110 g/mol. The van der Waals surface area contributed by atoms with Crippen LogP contribution in [0.4, 0.5) is 0 Å². The summed E-state index contributed by atoms with van der Waals surface area (Å²) < 4.78 is 0. The van der Waals surface area contributed by atoms with Crippen molar-refractivity contribution < 1.29 is 0 Å². The molecule has 9 heavy (non-hydrogen) atoms. The molecule has 0 aromatic rings. The van der Waals surface area contributed by atoms with Gasteiger partial charge in [0.15, 0.2) is 0 Å². The fourth-order valence-corrected chi connectivity index (χ4v) is 2.56. The van der Waals surface area contributed by atoms with Gasteiger partial charge in [0.25, 0.3) is 0 Å². The molecule has 1 saturated heterocycles. The third-order valence-corrected chi connectivity index (χ3v) is 2.90. The molecule has 2 rings (SSSR count). The van der Waals surface area contributed by atoms with Gasteiger partial charge >= 0.3 is 0 Å². The van der Waals surface area contributed by atoms with Crippen molar-refractivity contribution >= 4 is 0 Å². The van der Waals surface area contributed by atoms with Crippen molar-refractivity contribution in [1.82, 2.24) is 5.32 Å². The summed E-state index contributed by atoms with van der Waals surface area (Å²) in [6.45, 7) is 4.94. The predicted molar refractivity (Wildman–Crippen MR) is 38.3 cm³/mol. The predicted octanol–water partition coefficient (Wildman–Crippen LogP) is 1.40. The molecular formula is C8H15N. The number of hydrogen-bond donors (Lipinski definition) is 1. The summed E-state index contributed by atoms with van der Waals surface area (Å²) in [4.78, 5) is 0. The van der Waals surface area contributed by atoms with Gasteiger partial charge in [-0.15, -0.1) is 0 Å². The highest BCUT2D eigenvalue weighted by Gasteiger charge is 2.43. The second-order valence-corrected chi connectivity index (χ2v) is 3.94. The van der Waals surface area contributed by atoms with E-state index in [2.05, 4.69) is 12.2 Å². The van der Waals surface area contributed by atoms with E-state index >= 15 is 0 Å². The van der Waals surface area contributed by atoms with E-state index in [1.807, 2.05) is 0 Å². The van der Waals surface area contributed by atoms with E-state index < -0.39 is 0 Å². The zero-order chi connectivity index (χ0) is 6.32. The number of hydrogen-bond acceptors (Lipinski definition) is 1. The first kappa shape index (κ1) is 5.72. The van der Waals surface area contributed by atoms with Crippen LogP contribution in [0.25, 0.3) is 0 Å². The molecule has 2 aliphatic rings. The van der Waals surface area contributed by atoms with E-state index in [0.29, 0.717) is 0 Å². The minimum absolute atomic E-state index is 0.777. The molecule has 0 aromatic carbocycles. The average Bonchev–Trinajstić information content (AvgIpc) is 2.12. The lowest BCUT2D eigenvalue weighted by Gasteiger charge is -2.43. The highest BCUT2D eigenvalue weighted by atomic mass is 14.9. The lowest BCUT2D eigenvalue weighted by atomic mass is 9.62. The summed E-state index contributed by atoms with van der Waals surface area (Å²) in [6, 6.07) is 0. The number of rotatable bonds is 0. The lowest BCUT2D eigenvalue weighted by molar-refractivity contribution is 0.0897. The maximum absolute atomic E-state index is 3.44. The molecule has 1 heteroatoms.